The average Bonchev–Trinajstić information content (AvgIpc) is 2.27. The number of carboxylic acid groups (broad SMARTS) is 1. The summed E-state index contributed by atoms with van der Waals surface area (Å²) in [6, 6.07) is 3.09. The van der Waals surface area contributed by atoms with Gasteiger partial charge in [-0.1, -0.05) is 0 Å². The van der Waals surface area contributed by atoms with Crippen LogP contribution in [0.5, 0.6) is 5.88 Å². The first-order valence-electron chi connectivity index (χ1n) is 6.06. The molecule has 1 fully saturated rings. The van der Waals surface area contributed by atoms with E-state index in [0.717, 1.165) is 12.8 Å². The Kier molecular flexibility index (Phi) is 3.81. The first-order chi connectivity index (χ1) is 8.56. The van der Waals surface area contributed by atoms with Crippen molar-refractivity contribution < 1.29 is 19.4 Å². The van der Waals surface area contributed by atoms with E-state index in [1.165, 1.54) is 12.3 Å². The largest absolute Gasteiger partial charge is 0.477 e. The fourth-order valence-corrected chi connectivity index (χ4v) is 2.25. The van der Waals surface area contributed by atoms with Gasteiger partial charge in [0, 0.05) is 19.0 Å². The Labute approximate surface area is 106 Å². The van der Waals surface area contributed by atoms with Gasteiger partial charge in [-0.05, 0) is 26.0 Å². The van der Waals surface area contributed by atoms with Crippen molar-refractivity contribution in [1.29, 1.82) is 0 Å². The van der Waals surface area contributed by atoms with E-state index in [-0.39, 0.29) is 29.8 Å². The van der Waals surface area contributed by atoms with Crippen LogP contribution in [0.2, 0.25) is 0 Å². The topological polar surface area (TPSA) is 68.7 Å². The molecule has 1 aromatic rings. The lowest BCUT2D eigenvalue weighted by molar-refractivity contribution is -0.0730. The highest BCUT2D eigenvalue weighted by Gasteiger charge is 2.27. The maximum absolute atomic E-state index is 11.0. The van der Waals surface area contributed by atoms with E-state index >= 15 is 0 Å². The molecule has 1 aliphatic heterocycles. The van der Waals surface area contributed by atoms with Crippen LogP contribution in [0.4, 0.5) is 0 Å². The van der Waals surface area contributed by atoms with Crippen molar-refractivity contribution in [1.82, 2.24) is 4.98 Å². The third-order valence-corrected chi connectivity index (χ3v) is 2.93. The summed E-state index contributed by atoms with van der Waals surface area (Å²) in [5.74, 6) is -0.831. The molecule has 0 aliphatic carbocycles. The lowest BCUT2D eigenvalue weighted by Crippen LogP contribution is -2.36. The Morgan fingerprint density at radius 1 is 1.44 bits per heavy atom. The van der Waals surface area contributed by atoms with Gasteiger partial charge in [0.2, 0.25) is 5.88 Å². The highest BCUT2D eigenvalue weighted by atomic mass is 16.5. The van der Waals surface area contributed by atoms with Crippen molar-refractivity contribution in [3.8, 4) is 5.88 Å². The molecule has 0 saturated carbocycles. The summed E-state index contributed by atoms with van der Waals surface area (Å²) < 4.78 is 11.3. The predicted molar refractivity (Wildman–Crippen MR) is 64.9 cm³/mol. The Hall–Kier alpha value is -1.62. The van der Waals surface area contributed by atoms with Gasteiger partial charge in [0.15, 0.2) is 0 Å². The third-order valence-electron chi connectivity index (χ3n) is 2.93. The van der Waals surface area contributed by atoms with Crippen molar-refractivity contribution in [2.45, 2.75) is 45.0 Å². The van der Waals surface area contributed by atoms with E-state index in [2.05, 4.69) is 4.98 Å². The Morgan fingerprint density at radius 3 is 2.72 bits per heavy atom. The summed E-state index contributed by atoms with van der Waals surface area (Å²) in [4.78, 5) is 15.0. The monoisotopic (exact) mass is 251 g/mol. The number of aromatic nitrogens is 1. The van der Waals surface area contributed by atoms with Crippen LogP contribution in [0.15, 0.2) is 18.3 Å². The second-order valence-corrected chi connectivity index (χ2v) is 4.63. The van der Waals surface area contributed by atoms with Crippen molar-refractivity contribution in [3.63, 3.8) is 0 Å². The predicted octanol–water partition coefficient (Wildman–Crippen LogP) is 2.11. The number of rotatable bonds is 3. The van der Waals surface area contributed by atoms with Gasteiger partial charge in [0.25, 0.3) is 0 Å². The summed E-state index contributed by atoms with van der Waals surface area (Å²) in [6.07, 6.45) is 3.23. The zero-order valence-electron chi connectivity index (χ0n) is 10.5. The van der Waals surface area contributed by atoms with E-state index in [1.54, 1.807) is 6.07 Å². The van der Waals surface area contributed by atoms with E-state index in [9.17, 15) is 4.79 Å². The highest BCUT2D eigenvalue weighted by molar-refractivity contribution is 5.90. The number of nitrogens with zero attached hydrogens (tertiary/aromatic N) is 1. The minimum atomic E-state index is -1.02. The molecule has 0 radical (unpaired) electrons. The molecule has 0 amide bonds. The van der Waals surface area contributed by atoms with Gasteiger partial charge < -0.3 is 14.6 Å². The molecule has 1 aromatic heterocycles. The van der Waals surface area contributed by atoms with Crippen LogP contribution >= 0.6 is 0 Å². The SMILES string of the molecule is CC1CC(Oc2ncccc2C(=O)O)CC(C)O1. The molecule has 1 aliphatic rings. The van der Waals surface area contributed by atoms with Crippen LogP contribution in [-0.2, 0) is 4.74 Å². The van der Waals surface area contributed by atoms with E-state index in [1.807, 2.05) is 13.8 Å². The molecule has 2 unspecified atom stereocenters. The average molecular weight is 251 g/mol. The summed E-state index contributed by atoms with van der Waals surface area (Å²) in [6.45, 7) is 3.98. The van der Waals surface area contributed by atoms with Gasteiger partial charge in [-0.15, -0.1) is 0 Å². The Balaban J connectivity index is 2.11. The molecule has 5 heteroatoms. The zero-order chi connectivity index (χ0) is 13.1. The molecule has 18 heavy (non-hydrogen) atoms. The first kappa shape index (κ1) is 12.8. The van der Waals surface area contributed by atoms with Gasteiger partial charge in [0.05, 0.1) is 12.2 Å². The van der Waals surface area contributed by atoms with Crippen LogP contribution < -0.4 is 4.74 Å². The number of pyridine rings is 1. The normalized spacial score (nSPS) is 27.8. The van der Waals surface area contributed by atoms with Crippen LogP contribution in [-0.4, -0.2) is 34.4 Å². The van der Waals surface area contributed by atoms with Gasteiger partial charge in [-0.25, -0.2) is 9.78 Å². The van der Waals surface area contributed by atoms with Gasteiger partial charge in [-0.3, -0.25) is 0 Å². The molecule has 1 saturated heterocycles. The zero-order valence-corrected chi connectivity index (χ0v) is 10.5. The second-order valence-electron chi connectivity index (χ2n) is 4.63. The minimum absolute atomic E-state index is 0.0447. The molecular weight excluding hydrogens is 234 g/mol. The molecule has 2 atom stereocenters. The Morgan fingerprint density at radius 2 is 2.11 bits per heavy atom. The quantitative estimate of drug-likeness (QED) is 0.891. The number of aromatic carboxylic acids is 1. The lowest BCUT2D eigenvalue weighted by Gasteiger charge is -2.32. The summed E-state index contributed by atoms with van der Waals surface area (Å²) in [7, 11) is 0. The molecule has 1 N–H and O–H groups in total. The highest BCUT2D eigenvalue weighted by Crippen LogP contribution is 2.24. The van der Waals surface area contributed by atoms with Crippen molar-refractivity contribution in [2.75, 3.05) is 0 Å². The first-order valence-corrected chi connectivity index (χ1v) is 6.06. The van der Waals surface area contributed by atoms with Crippen LogP contribution in [0.25, 0.3) is 0 Å². The van der Waals surface area contributed by atoms with Gasteiger partial charge in [0.1, 0.15) is 11.7 Å². The maximum Gasteiger partial charge on any atom is 0.341 e. The van der Waals surface area contributed by atoms with Crippen LogP contribution in [0.1, 0.15) is 37.0 Å². The standard InChI is InChI=1S/C13H17NO4/c1-8-6-10(7-9(2)17-8)18-12-11(13(15)16)4-3-5-14-12/h3-5,8-10H,6-7H2,1-2H3,(H,15,16). The summed E-state index contributed by atoms with van der Waals surface area (Å²) >= 11 is 0. The lowest BCUT2D eigenvalue weighted by atomic mass is 10.0. The number of carbonyl (C=O) groups is 1. The molecule has 5 nitrogen and oxygen atoms in total. The fourth-order valence-electron chi connectivity index (χ4n) is 2.25. The van der Waals surface area contributed by atoms with Gasteiger partial charge >= 0.3 is 5.97 Å². The summed E-state index contributed by atoms with van der Waals surface area (Å²) in [5, 5.41) is 9.05. The van der Waals surface area contributed by atoms with E-state index < -0.39 is 5.97 Å². The van der Waals surface area contributed by atoms with E-state index in [0.29, 0.717) is 0 Å². The molecule has 98 valence electrons. The summed E-state index contributed by atoms with van der Waals surface area (Å²) in [5.41, 5.74) is 0.101. The van der Waals surface area contributed by atoms with Crippen molar-refractivity contribution in [2.24, 2.45) is 0 Å². The number of ether oxygens (including phenoxy) is 2. The number of hydrogen-bond acceptors (Lipinski definition) is 4. The van der Waals surface area contributed by atoms with E-state index in [4.69, 9.17) is 14.6 Å². The van der Waals surface area contributed by atoms with Crippen molar-refractivity contribution >= 4 is 5.97 Å². The van der Waals surface area contributed by atoms with Crippen LogP contribution in [0.3, 0.4) is 0 Å². The second kappa shape index (κ2) is 5.35. The third kappa shape index (κ3) is 2.98. The van der Waals surface area contributed by atoms with Crippen LogP contribution in [0, 0.1) is 0 Å². The molecule has 0 bridgehead atoms. The minimum Gasteiger partial charge on any atom is -0.477 e. The molecule has 2 heterocycles. The molecule has 2 rings (SSSR count). The number of carboxylic acids is 1. The van der Waals surface area contributed by atoms with Gasteiger partial charge in [-0.2, -0.15) is 0 Å². The number of hydrogen-bond donors (Lipinski definition) is 1. The fraction of sp³-hybridized carbons (Fsp3) is 0.538. The van der Waals surface area contributed by atoms with Crippen molar-refractivity contribution in [3.05, 3.63) is 23.9 Å². The Bertz CT molecular complexity index is 425. The maximum atomic E-state index is 11.0. The molecule has 0 aromatic carbocycles. The molecule has 0 spiro atoms. The smallest absolute Gasteiger partial charge is 0.341 e. The molecular formula is C13H17NO4.